The van der Waals surface area contributed by atoms with Crippen molar-refractivity contribution < 1.29 is 23.9 Å². The highest BCUT2D eigenvalue weighted by Gasteiger charge is 2.47. The zero-order valence-electron chi connectivity index (χ0n) is 23.8. The van der Waals surface area contributed by atoms with E-state index in [0.717, 1.165) is 12.8 Å². The van der Waals surface area contributed by atoms with Gasteiger partial charge in [0.1, 0.15) is 17.5 Å². The number of urea groups is 1. The monoisotopic (exact) mass is 578 g/mol. The molecule has 3 atom stereocenters. The second kappa shape index (κ2) is 12.5. The van der Waals surface area contributed by atoms with Crippen LogP contribution in [0.4, 0.5) is 4.79 Å². The summed E-state index contributed by atoms with van der Waals surface area (Å²) in [7, 11) is 0. The predicted octanol–water partition coefficient (Wildman–Crippen LogP) is 4.86. The second-order valence-corrected chi connectivity index (χ2v) is 10.8. The third-order valence-corrected chi connectivity index (χ3v) is 7.94. The van der Waals surface area contributed by atoms with E-state index in [0.29, 0.717) is 47.0 Å². The van der Waals surface area contributed by atoms with Crippen LogP contribution in [0.25, 0.3) is 0 Å². The molecule has 1 saturated heterocycles. The number of hydrogen-bond donors (Lipinski definition) is 2. The molecule has 9 nitrogen and oxygen atoms in total. The lowest BCUT2D eigenvalue weighted by molar-refractivity contribution is -0.137. The SMILES string of the molecule is C=CCN1C(=O)NC(c2cccc(Oc3ccccc3)c2)C2=C1CN(C(C(=O)NCC1CCCO1)c1ccccc1)C2=O. The highest BCUT2D eigenvalue weighted by molar-refractivity contribution is 6.04. The molecule has 43 heavy (non-hydrogen) atoms. The quantitative estimate of drug-likeness (QED) is 0.335. The molecule has 3 unspecified atom stereocenters. The second-order valence-electron chi connectivity index (χ2n) is 10.8. The zero-order valence-corrected chi connectivity index (χ0v) is 23.8. The van der Waals surface area contributed by atoms with E-state index in [4.69, 9.17) is 9.47 Å². The molecule has 220 valence electrons. The molecule has 3 heterocycles. The van der Waals surface area contributed by atoms with Gasteiger partial charge in [-0.3, -0.25) is 14.5 Å². The largest absolute Gasteiger partial charge is 0.457 e. The van der Waals surface area contributed by atoms with Crippen molar-refractivity contribution in [3.05, 3.63) is 120 Å². The molecule has 0 saturated carbocycles. The van der Waals surface area contributed by atoms with Gasteiger partial charge in [-0.15, -0.1) is 6.58 Å². The molecule has 4 amide bonds. The van der Waals surface area contributed by atoms with Gasteiger partial charge in [-0.2, -0.15) is 0 Å². The highest BCUT2D eigenvalue weighted by atomic mass is 16.5. The summed E-state index contributed by atoms with van der Waals surface area (Å²) in [5.41, 5.74) is 2.36. The molecule has 3 aliphatic heterocycles. The lowest BCUT2D eigenvalue weighted by Crippen LogP contribution is -2.47. The fourth-order valence-electron chi connectivity index (χ4n) is 5.90. The third-order valence-electron chi connectivity index (χ3n) is 7.94. The first-order valence-corrected chi connectivity index (χ1v) is 14.5. The fourth-order valence-corrected chi connectivity index (χ4v) is 5.90. The molecule has 1 fully saturated rings. The third kappa shape index (κ3) is 5.89. The van der Waals surface area contributed by atoms with E-state index in [1.54, 1.807) is 11.0 Å². The average Bonchev–Trinajstić information content (AvgIpc) is 3.67. The van der Waals surface area contributed by atoms with Crippen LogP contribution in [-0.2, 0) is 14.3 Å². The Balaban J connectivity index is 1.33. The topological polar surface area (TPSA) is 100 Å². The van der Waals surface area contributed by atoms with Crippen LogP contribution in [0.3, 0.4) is 0 Å². The van der Waals surface area contributed by atoms with Crippen molar-refractivity contribution in [3.8, 4) is 11.5 Å². The van der Waals surface area contributed by atoms with Crippen molar-refractivity contribution >= 4 is 17.8 Å². The number of benzene rings is 3. The molecule has 2 N–H and O–H groups in total. The molecule has 9 heteroatoms. The van der Waals surface area contributed by atoms with Gasteiger partial charge in [-0.25, -0.2) is 4.79 Å². The minimum atomic E-state index is -0.894. The minimum absolute atomic E-state index is 0.0411. The van der Waals surface area contributed by atoms with Crippen LogP contribution in [-0.4, -0.2) is 60.0 Å². The first-order valence-electron chi connectivity index (χ1n) is 14.5. The Morgan fingerprint density at radius 1 is 1.05 bits per heavy atom. The summed E-state index contributed by atoms with van der Waals surface area (Å²) in [6.45, 7) is 5.18. The van der Waals surface area contributed by atoms with E-state index in [1.165, 1.54) is 4.90 Å². The fraction of sp³-hybridized carbons (Fsp3) is 0.265. The summed E-state index contributed by atoms with van der Waals surface area (Å²) < 4.78 is 11.7. The van der Waals surface area contributed by atoms with Crippen molar-refractivity contribution in [1.82, 2.24) is 20.4 Å². The van der Waals surface area contributed by atoms with Gasteiger partial charge in [0, 0.05) is 19.7 Å². The summed E-state index contributed by atoms with van der Waals surface area (Å²) in [4.78, 5) is 44.6. The van der Waals surface area contributed by atoms with Crippen LogP contribution in [0.1, 0.15) is 36.1 Å². The standard InChI is InChI=1S/C34H34N4O5/c1-2-18-37-28-22-38(31(23-11-5-3-6-12-23)32(39)35-21-27-17-10-19-42-27)33(40)29(28)30(36-34(37)41)24-13-9-16-26(20-24)43-25-14-7-4-8-15-25/h2-9,11-16,20,27,30-31H,1,10,17-19,21-22H2,(H,35,39)(H,36,41). The number of nitrogens with one attached hydrogen (secondary N) is 2. The molecule has 3 aliphatic rings. The van der Waals surface area contributed by atoms with Gasteiger partial charge < -0.3 is 25.0 Å². The Morgan fingerprint density at radius 3 is 2.51 bits per heavy atom. The molecule has 0 spiro atoms. The van der Waals surface area contributed by atoms with E-state index >= 15 is 0 Å². The molecule has 3 aromatic rings. The van der Waals surface area contributed by atoms with Crippen molar-refractivity contribution in [2.75, 3.05) is 26.2 Å². The van der Waals surface area contributed by atoms with E-state index in [-0.39, 0.29) is 37.0 Å². The van der Waals surface area contributed by atoms with Crippen LogP contribution in [0, 0.1) is 0 Å². The van der Waals surface area contributed by atoms with Crippen molar-refractivity contribution in [3.63, 3.8) is 0 Å². The summed E-state index contributed by atoms with van der Waals surface area (Å²) >= 11 is 0. The highest BCUT2D eigenvalue weighted by Crippen LogP contribution is 2.40. The number of nitrogens with zero attached hydrogens (tertiary/aromatic N) is 2. The van der Waals surface area contributed by atoms with Gasteiger partial charge in [0.25, 0.3) is 5.91 Å². The maximum absolute atomic E-state index is 14.4. The van der Waals surface area contributed by atoms with Crippen molar-refractivity contribution in [2.45, 2.75) is 31.0 Å². The molecular weight excluding hydrogens is 544 g/mol. The van der Waals surface area contributed by atoms with Gasteiger partial charge >= 0.3 is 6.03 Å². The lowest BCUT2D eigenvalue weighted by Gasteiger charge is -2.33. The summed E-state index contributed by atoms with van der Waals surface area (Å²) in [6, 6.07) is 24.0. The van der Waals surface area contributed by atoms with Crippen molar-refractivity contribution in [2.24, 2.45) is 0 Å². The van der Waals surface area contributed by atoms with Crippen LogP contribution < -0.4 is 15.4 Å². The Labute approximate surface area is 250 Å². The Bertz CT molecular complexity index is 1530. The predicted molar refractivity (Wildman–Crippen MR) is 161 cm³/mol. The Kier molecular flexibility index (Phi) is 8.24. The normalized spacial score (nSPS) is 20.5. The molecule has 6 rings (SSSR count). The smallest absolute Gasteiger partial charge is 0.322 e. The van der Waals surface area contributed by atoms with Crippen LogP contribution in [0.5, 0.6) is 11.5 Å². The number of rotatable bonds is 10. The summed E-state index contributed by atoms with van der Waals surface area (Å²) in [5.74, 6) is 0.641. The minimum Gasteiger partial charge on any atom is -0.457 e. The lowest BCUT2D eigenvalue weighted by atomic mass is 9.95. The molecule has 0 aromatic heterocycles. The van der Waals surface area contributed by atoms with Gasteiger partial charge in [-0.05, 0) is 48.2 Å². The van der Waals surface area contributed by atoms with E-state index in [1.807, 2.05) is 84.9 Å². The summed E-state index contributed by atoms with van der Waals surface area (Å²) in [6.07, 6.45) is 3.42. The first kappa shape index (κ1) is 28.2. The first-order chi connectivity index (χ1) is 21.0. The maximum atomic E-state index is 14.4. The van der Waals surface area contributed by atoms with Gasteiger partial charge in [0.05, 0.1) is 30.0 Å². The maximum Gasteiger partial charge on any atom is 0.322 e. The van der Waals surface area contributed by atoms with Gasteiger partial charge in [0.15, 0.2) is 0 Å². The van der Waals surface area contributed by atoms with E-state index in [2.05, 4.69) is 17.2 Å². The average molecular weight is 579 g/mol. The summed E-state index contributed by atoms with van der Waals surface area (Å²) in [5, 5.41) is 6.03. The van der Waals surface area contributed by atoms with E-state index in [9.17, 15) is 14.4 Å². The number of carbonyl (C=O) groups is 3. The molecule has 0 aliphatic carbocycles. The number of ether oxygens (including phenoxy) is 2. The van der Waals surface area contributed by atoms with Crippen LogP contribution in [0.15, 0.2) is 109 Å². The molecule has 0 radical (unpaired) electrons. The zero-order chi connectivity index (χ0) is 29.8. The van der Waals surface area contributed by atoms with Gasteiger partial charge in [-0.1, -0.05) is 66.7 Å². The van der Waals surface area contributed by atoms with Crippen LogP contribution >= 0.6 is 0 Å². The number of carbonyl (C=O) groups excluding carboxylic acids is 3. The van der Waals surface area contributed by atoms with Crippen molar-refractivity contribution in [1.29, 1.82) is 0 Å². The molecular formula is C34H34N4O5. The number of amides is 4. The Morgan fingerprint density at radius 2 is 1.79 bits per heavy atom. The van der Waals surface area contributed by atoms with E-state index < -0.39 is 12.1 Å². The number of para-hydroxylation sites is 1. The van der Waals surface area contributed by atoms with Gasteiger partial charge in [0.2, 0.25) is 5.91 Å². The van der Waals surface area contributed by atoms with Crippen LogP contribution in [0.2, 0.25) is 0 Å². The molecule has 3 aromatic carbocycles. The molecule has 0 bridgehead atoms. The number of hydrogen-bond acceptors (Lipinski definition) is 5. The Hall–Kier alpha value is -4.89.